The predicted octanol–water partition coefficient (Wildman–Crippen LogP) is 1.91. The first-order valence-electron chi connectivity index (χ1n) is 7.50. The molecule has 0 aliphatic rings. The lowest BCUT2D eigenvalue weighted by Gasteiger charge is -2.09. The number of benzene rings is 1. The molecular weight excluding hydrogens is 276 g/mol. The number of pyridine rings is 1. The van der Waals surface area contributed by atoms with Gasteiger partial charge < -0.3 is 14.5 Å². The number of aryl methyl sites for hydroxylation is 2. The molecule has 0 atom stereocenters. The molecule has 114 valence electrons. The number of imidazole rings is 1. The van der Waals surface area contributed by atoms with E-state index in [9.17, 15) is 4.79 Å². The fraction of sp³-hybridized carbons (Fsp3) is 0.294. The van der Waals surface area contributed by atoms with Gasteiger partial charge in [-0.1, -0.05) is 18.2 Å². The molecule has 0 spiro atoms. The summed E-state index contributed by atoms with van der Waals surface area (Å²) in [4.78, 5) is 16.4. The summed E-state index contributed by atoms with van der Waals surface area (Å²) in [6.45, 7) is 2.40. The molecule has 0 aliphatic heterocycles. The van der Waals surface area contributed by atoms with Gasteiger partial charge in [-0.3, -0.25) is 4.79 Å². The van der Waals surface area contributed by atoms with Gasteiger partial charge in [0.1, 0.15) is 0 Å². The van der Waals surface area contributed by atoms with Gasteiger partial charge in [-0.15, -0.1) is 0 Å². The fourth-order valence-electron chi connectivity index (χ4n) is 2.64. The number of aromatic nitrogens is 3. The SMILES string of the molecule is Cn1c(=O)c(CNCCCn2ccnc2)cc2ccccc21. The van der Waals surface area contributed by atoms with Gasteiger partial charge in [0.25, 0.3) is 5.56 Å². The third-order valence-electron chi connectivity index (χ3n) is 3.85. The molecule has 1 aromatic carbocycles. The van der Waals surface area contributed by atoms with Crippen LogP contribution in [0.1, 0.15) is 12.0 Å². The summed E-state index contributed by atoms with van der Waals surface area (Å²) < 4.78 is 3.77. The predicted molar refractivity (Wildman–Crippen MR) is 87.7 cm³/mol. The van der Waals surface area contributed by atoms with Crippen LogP contribution in [0.5, 0.6) is 0 Å². The van der Waals surface area contributed by atoms with E-state index < -0.39 is 0 Å². The normalized spacial score (nSPS) is 11.1. The third-order valence-corrected chi connectivity index (χ3v) is 3.85. The molecule has 0 amide bonds. The van der Waals surface area contributed by atoms with Crippen LogP contribution in [0.4, 0.5) is 0 Å². The minimum Gasteiger partial charge on any atom is -0.337 e. The standard InChI is InChI=1S/C17H20N4O/c1-20-16-6-3-2-5-14(16)11-15(17(20)22)12-18-7-4-9-21-10-8-19-13-21/h2-3,5-6,8,10-11,13,18H,4,7,9,12H2,1H3. The first-order valence-corrected chi connectivity index (χ1v) is 7.50. The maximum Gasteiger partial charge on any atom is 0.255 e. The Morgan fingerprint density at radius 3 is 2.95 bits per heavy atom. The van der Waals surface area contributed by atoms with Crippen LogP contribution in [0.2, 0.25) is 0 Å². The second-order valence-corrected chi connectivity index (χ2v) is 5.42. The smallest absolute Gasteiger partial charge is 0.255 e. The molecule has 2 aromatic heterocycles. The lowest BCUT2D eigenvalue weighted by atomic mass is 10.1. The minimum atomic E-state index is 0.0702. The molecule has 0 radical (unpaired) electrons. The van der Waals surface area contributed by atoms with Gasteiger partial charge in [-0.2, -0.15) is 0 Å². The molecule has 3 rings (SSSR count). The largest absolute Gasteiger partial charge is 0.337 e. The molecule has 0 saturated heterocycles. The van der Waals surface area contributed by atoms with Gasteiger partial charge in [-0.25, -0.2) is 4.98 Å². The van der Waals surface area contributed by atoms with E-state index in [0.29, 0.717) is 6.54 Å². The summed E-state index contributed by atoms with van der Waals surface area (Å²) >= 11 is 0. The van der Waals surface area contributed by atoms with Gasteiger partial charge in [0.2, 0.25) is 0 Å². The van der Waals surface area contributed by atoms with Crippen molar-refractivity contribution in [3.63, 3.8) is 0 Å². The average Bonchev–Trinajstić information content (AvgIpc) is 3.05. The van der Waals surface area contributed by atoms with Gasteiger partial charge in [0.15, 0.2) is 0 Å². The Labute approximate surface area is 129 Å². The van der Waals surface area contributed by atoms with E-state index in [1.54, 1.807) is 10.8 Å². The second-order valence-electron chi connectivity index (χ2n) is 5.42. The Hall–Kier alpha value is -2.40. The molecule has 2 heterocycles. The maximum absolute atomic E-state index is 12.3. The molecule has 0 saturated carbocycles. The number of para-hydroxylation sites is 1. The third kappa shape index (κ3) is 3.09. The number of hydrogen-bond donors (Lipinski definition) is 1. The van der Waals surface area contributed by atoms with Crippen molar-refractivity contribution < 1.29 is 0 Å². The van der Waals surface area contributed by atoms with Crippen LogP contribution in [0.15, 0.2) is 53.8 Å². The van der Waals surface area contributed by atoms with E-state index in [4.69, 9.17) is 0 Å². The monoisotopic (exact) mass is 296 g/mol. The first-order chi connectivity index (χ1) is 10.8. The number of nitrogens with zero attached hydrogens (tertiary/aromatic N) is 3. The second kappa shape index (κ2) is 6.58. The van der Waals surface area contributed by atoms with Crippen molar-refractivity contribution in [1.82, 2.24) is 19.4 Å². The molecule has 5 nitrogen and oxygen atoms in total. The van der Waals surface area contributed by atoms with Crippen LogP contribution in [-0.4, -0.2) is 20.7 Å². The highest BCUT2D eigenvalue weighted by Crippen LogP contribution is 2.12. The van der Waals surface area contributed by atoms with Crippen LogP contribution in [0.25, 0.3) is 10.9 Å². The first kappa shape index (κ1) is 14.5. The number of hydrogen-bond acceptors (Lipinski definition) is 3. The van der Waals surface area contributed by atoms with Crippen LogP contribution in [0, 0.1) is 0 Å². The Morgan fingerprint density at radius 1 is 1.27 bits per heavy atom. The van der Waals surface area contributed by atoms with E-state index in [2.05, 4.69) is 14.9 Å². The van der Waals surface area contributed by atoms with E-state index in [1.807, 2.05) is 49.9 Å². The zero-order valence-electron chi connectivity index (χ0n) is 12.7. The summed E-state index contributed by atoms with van der Waals surface area (Å²) in [5.74, 6) is 0. The summed E-state index contributed by atoms with van der Waals surface area (Å²) in [6.07, 6.45) is 6.56. The number of rotatable bonds is 6. The van der Waals surface area contributed by atoms with Crippen molar-refractivity contribution in [1.29, 1.82) is 0 Å². The highest BCUT2D eigenvalue weighted by Gasteiger charge is 2.05. The van der Waals surface area contributed by atoms with E-state index >= 15 is 0 Å². The van der Waals surface area contributed by atoms with Gasteiger partial charge in [0.05, 0.1) is 11.8 Å². The van der Waals surface area contributed by atoms with Crippen molar-refractivity contribution >= 4 is 10.9 Å². The lowest BCUT2D eigenvalue weighted by Crippen LogP contribution is -2.26. The van der Waals surface area contributed by atoms with Gasteiger partial charge in [0, 0.05) is 38.1 Å². The Bertz CT molecular complexity index is 805. The summed E-state index contributed by atoms with van der Waals surface area (Å²) in [7, 11) is 1.83. The molecule has 5 heteroatoms. The minimum absolute atomic E-state index is 0.0702. The summed E-state index contributed by atoms with van der Waals surface area (Å²) in [6, 6.07) is 9.95. The Balaban J connectivity index is 1.61. The van der Waals surface area contributed by atoms with Crippen LogP contribution in [0.3, 0.4) is 0 Å². The topological polar surface area (TPSA) is 51.9 Å². The van der Waals surface area contributed by atoms with Crippen molar-refractivity contribution in [3.05, 3.63) is 65.0 Å². The van der Waals surface area contributed by atoms with Crippen molar-refractivity contribution in [3.8, 4) is 0 Å². The summed E-state index contributed by atoms with van der Waals surface area (Å²) in [5, 5.41) is 4.45. The zero-order valence-corrected chi connectivity index (χ0v) is 12.7. The van der Waals surface area contributed by atoms with Crippen molar-refractivity contribution in [2.75, 3.05) is 6.54 Å². The highest BCUT2D eigenvalue weighted by molar-refractivity contribution is 5.79. The Morgan fingerprint density at radius 2 is 2.14 bits per heavy atom. The molecule has 0 bridgehead atoms. The molecule has 0 unspecified atom stereocenters. The van der Waals surface area contributed by atoms with Gasteiger partial charge in [-0.05, 0) is 30.5 Å². The Kier molecular flexibility index (Phi) is 4.34. The molecule has 3 aromatic rings. The quantitative estimate of drug-likeness (QED) is 0.707. The van der Waals surface area contributed by atoms with Crippen LogP contribution in [-0.2, 0) is 20.1 Å². The van der Waals surface area contributed by atoms with Crippen LogP contribution >= 0.6 is 0 Å². The van der Waals surface area contributed by atoms with E-state index in [0.717, 1.165) is 36.0 Å². The molecule has 0 fully saturated rings. The van der Waals surface area contributed by atoms with Crippen molar-refractivity contribution in [2.24, 2.45) is 7.05 Å². The maximum atomic E-state index is 12.3. The van der Waals surface area contributed by atoms with E-state index in [1.165, 1.54) is 0 Å². The van der Waals surface area contributed by atoms with Crippen molar-refractivity contribution in [2.45, 2.75) is 19.5 Å². The van der Waals surface area contributed by atoms with Gasteiger partial charge >= 0.3 is 0 Å². The molecular formula is C17H20N4O. The molecule has 1 N–H and O–H groups in total. The lowest BCUT2D eigenvalue weighted by molar-refractivity contribution is 0.578. The molecule has 22 heavy (non-hydrogen) atoms. The average molecular weight is 296 g/mol. The highest BCUT2D eigenvalue weighted by atomic mass is 16.1. The zero-order chi connectivity index (χ0) is 15.4. The number of fused-ring (bicyclic) bond motifs is 1. The number of nitrogens with one attached hydrogen (secondary N) is 1. The molecule has 0 aliphatic carbocycles. The fourth-order valence-corrected chi connectivity index (χ4v) is 2.64. The van der Waals surface area contributed by atoms with E-state index in [-0.39, 0.29) is 5.56 Å². The summed E-state index contributed by atoms with van der Waals surface area (Å²) in [5.41, 5.74) is 1.85. The van der Waals surface area contributed by atoms with Crippen LogP contribution < -0.4 is 10.9 Å².